The average Bonchev–Trinajstić information content (AvgIpc) is 2.92. The van der Waals surface area contributed by atoms with E-state index in [0.29, 0.717) is 24.3 Å². The second kappa shape index (κ2) is 23.8. The van der Waals surface area contributed by atoms with Crippen LogP contribution in [0.5, 0.6) is 0 Å². The maximum Gasteiger partial charge on any atom is 0.511 e. The number of benzene rings is 1. The van der Waals surface area contributed by atoms with Crippen LogP contribution in [0.2, 0.25) is 0 Å². The van der Waals surface area contributed by atoms with Gasteiger partial charge in [-0.3, -0.25) is 9.59 Å². The number of rotatable bonds is 18. The van der Waals surface area contributed by atoms with Crippen LogP contribution in [-0.2, 0) is 39.8 Å². The van der Waals surface area contributed by atoms with Crippen molar-refractivity contribution in [3.63, 3.8) is 0 Å². The number of aliphatic carboxylic acids is 2. The predicted octanol–water partition coefficient (Wildman–Crippen LogP) is 3.20. The van der Waals surface area contributed by atoms with Crippen LogP contribution in [0.25, 0.3) is 0 Å². The molecule has 12 nitrogen and oxygen atoms in total. The van der Waals surface area contributed by atoms with Gasteiger partial charge in [-0.15, -0.1) is 0 Å². The molecule has 0 heterocycles. The summed E-state index contributed by atoms with van der Waals surface area (Å²) in [7, 11) is 3.27. The highest BCUT2D eigenvalue weighted by atomic mass is 33.1. The topological polar surface area (TPSA) is 192 Å². The van der Waals surface area contributed by atoms with Gasteiger partial charge in [0.1, 0.15) is 6.54 Å². The van der Waals surface area contributed by atoms with E-state index in [-0.39, 0.29) is 31.0 Å². The van der Waals surface area contributed by atoms with Gasteiger partial charge in [0.25, 0.3) is 0 Å². The van der Waals surface area contributed by atoms with Gasteiger partial charge in [0.2, 0.25) is 12.2 Å². The Hall–Kier alpha value is -2.88. The lowest BCUT2D eigenvalue weighted by atomic mass is 10.0. The molecule has 0 aliphatic rings. The maximum absolute atomic E-state index is 12.8. The molecule has 3 atom stereocenters. The van der Waals surface area contributed by atoms with Gasteiger partial charge in [-0.1, -0.05) is 51.9 Å². The van der Waals surface area contributed by atoms with E-state index in [2.05, 4.69) is 16.3 Å². The first-order valence-electron chi connectivity index (χ1n) is 12.5. The molecule has 1 aromatic carbocycles. The molecule has 0 aliphatic heterocycles. The molecule has 0 bridgehead atoms. The number of hydrogen-bond donors (Lipinski definition) is 4. The van der Waals surface area contributed by atoms with Gasteiger partial charge in [0.15, 0.2) is 0 Å². The van der Waals surface area contributed by atoms with Crippen LogP contribution in [0.4, 0.5) is 4.79 Å². The number of carbonyl (C=O) groups is 5. The Morgan fingerprint density at radius 1 is 1.00 bits per heavy atom. The molecule has 1 aromatic rings. The molecule has 1 amide bonds. The highest BCUT2D eigenvalue weighted by Gasteiger charge is 2.22. The summed E-state index contributed by atoms with van der Waals surface area (Å²) in [5, 5.41) is 18.3. The first-order chi connectivity index (χ1) is 19.5. The van der Waals surface area contributed by atoms with E-state index in [0.717, 1.165) is 23.5 Å². The van der Waals surface area contributed by atoms with Crippen LogP contribution >= 0.6 is 33.3 Å². The highest BCUT2D eigenvalue weighted by molar-refractivity contribution is 8.76. The smallest absolute Gasteiger partial charge is 0.478 e. The lowest BCUT2D eigenvalue weighted by molar-refractivity contribution is -0.167. The fourth-order valence-electron chi connectivity index (χ4n) is 2.73. The van der Waals surface area contributed by atoms with E-state index in [9.17, 15) is 24.0 Å². The number of nitrogens with two attached hydrogens (primary N) is 1. The minimum atomic E-state index is -1.26. The first-order valence-corrected chi connectivity index (χ1v) is 16.3. The van der Waals surface area contributed by atoms with Crippen molar-refractivity contribution in [2.24, 2.45) is 11.7 Å². The molecule has 1 unspecified atom stereocenters. The van der Waals surface area contributed by atoms with E-state index < -0.39 is 30.4 Å². The second-order valence-corrected chi connectivity index (χ2v) is 11.6. The molecule has 0 saturated heterocycles. The van der Waals surface area contributed by atoms with Crippen molar-refractivity contribution in [3.8, 4) is 0 Å². The summed E-state index contributed by atoms with van der Waals surface area (Å²) in [5.41, 5.74) is 7.15. The Bertz CT molecular complexity index is 950. The van der Waals surface area contributed by atoms with Crippen molar-refractivity contribution in [1.29, 1.82) is 0 Å². The quantitative estimate of drug-likeness (QED) is 0.0605. The largest absolute Gasteiger partial charge is 0.511 e. The Morgan fingerprint density at radius 2 is 1.61 bits per heavy atom. The molecular formula is C26H38N2O10S3. The lowest BCUT2D eigenvalue weighted by Gasteiger charge is -2.18. The summed E-state index contributed by atoms with van der Waals surface area (Å²) < 4.78 is 14.4. The number of ether oxygens (including phenoxy) is 3. The van der Waals surface area contributed by atoms with E-state index in [1.807, 2.05) is 30.3 Å². The number of esters is 1. The molecule has 1 rings (SSSR count). The fourth-order valence-corrected chi connectivity index (χ4v) is 5.83. The minimum Gasteiger partial charge on any atom is -0.478 e. The van der Waals surface area contributed by atoms with Crippen LogP contribution in [0, 0.1) is 5.92 Å². The molecular weight excluding hydrogens is 596 g/mol. The van der Waals surface area contributed by atoms with Crippen LogP contribution < -0.4 is 11.1 Å². The van der Waals surface area contributed by atoms with Crippen molar-refractivity contribution >= 4 is 63.3 Å². The molecule has 0 aliphatic carbocycles. The van der Waals surface area contributed by atoms with E-state index in [4.69, 9.17) is 25.4 Å². The Balaban J connectivity index is 0.00000173. The van der Waals surface area contributed by atoms with Crippen LogP contribution in [0.15, 0.2) is 42.5 Å². The Labute approximate surface area is 251 Å². The molecule has 0 aromatic heterocycles. The highest BCUT2D eigenvalue weighted by Crippen LogP contribution is 2.27. The van der Waals surface area contributed by atoms with Gasteiger partial charge in [-0.2, -0.15) is 11.8 Å². The molecule has 0 radical (unpaired) electrons. The predicted molar refractivity (Wildman–Crippen MR) is 161 cm³/mol. The summed E-state index contributed by atoms with van der Waals surface area (Å²) >= 11 is 1.78. The zero-order valence-corrected chi connectivity index (χ0v) is 25.6. The normalized spacial score (nSPS) is 12.7. The van der Waals surface area contributed by atoms with E-state index in [1.165, 1.54) is 6.92 Å². The summed E-state index contributed by atoms with van der Waals surface area (Å²) in [6, 6.07) is 9.86. The van der Waals surface area contributed by atoms with Crippen LogP contribution in [0.3, 0.4) is 0 Å². The molecule has 0 spiro atoms. The van der Waals surface area contributed by atoms with Gasteiger partial charge in [-0.05, 0) is 37.3 Å². The van der Waals surface area contributed by atoms with Gasteiger partial charge < -0.3 is 35.5 Å². The molecule has 0 saturated carbocycles. The zero-order chi connectivity index (χ0) is 31.0. The van der Waals surface area contributed by atoms with Crippen molar-refractivity contribution in [3.05, 3.63) is 48.0 Å². The number of nitrogens with one attached hydrogen (secondary N) is 1. The third kappa shape index (κ3) is 22.5. The third-order valence-electron chi connectivity index (χ3n) is 4.62. The standard InChI is InChI=1S/C22H34N2O6S3.C4H4O4/c1-4-28-22(27)30-16(2)29-20(25)13-24-21(26)18(12-17-8-6-5-7-9-17)14-32-33-15-19(23)10-11-31-3;5-3(6)1-2-4(7)8/h5-9,16,18-19H,4,10-15,23H2,1-3H3,(H,24,26);1-2H,(H,5,6)(H,7,8)/t16?,18-,19+;/m1./s1. The van der Waals surface area contributed by atoms with Crippen LogP contribution in [0.1, 0.15) is 25.8 Å². The number of carbonyl (C=O) groups excluding carboxylic acids is 3. The molecule has 0 fully saturated rings. The average molecular weight is 635 g/mol. The first kappa shape index (κ1) is 38.1. The number of thioether (sulfide) groups is 1. The van der Waals surface area contributed by atoms with Crippen molar-refractivity contribution in [2.45, 2.75) is 39.0 Å². The summed E-state index contributed by atoms with van der Waals surface area (Å²) in [4.78, 5) is 55.2. The molecule has 15 heteroatoms. The van der Waals surface area contributed by atoms with Crippen molar-refractivity contribution in [1.82, 2.24) is 5.32 Å². The third-order valence-corrected chi connectivity index (χ3v) is 7.85. The maximum atomic E-state index is 12.8. The number of carboxylic acids is 2. The second-order valence-electron chi connectivity index (χ2n) is 8.08. The van der Waals surface area contributed by atoms with Gasteiger partial charge in [0.05, 0.1) is 12.5 Å². The zero-order valence-electron chi connectivity index (χ0n) is 23.2. The monoisotopic (exact) mass is 634 g/mol. The number of amides is 1. The SMILES string of the molecule is CCOC(=O)OC(C)OC(=O)CNC(=O)[C@@H](CSSC[C@@H](N)CCSC)Cc1ccccc1.O=C(O)C=CC(=O)O. The summed E-state index contributed by atoms with van der Waals surface area (Å²) in [5.74, 6) is -1.36. The Kier molecular flexibility index (Phi) is 22.1. The summed E-state index contributed by atoms with van der Waals surface area (Å²) in [6.45, 7) is 2.86. The van der Waals surface area contributed by atoms with Gasteiger partial charge in [-0.25, -0.2) is 14.4 Å². The summed E-state index contributed by atoms with van der Waals surface area (Å²) in [6.07, 6.45) is 2.65. The molecule has 5 N–H and O–H groups in total. The van der Waals surface area contributed by atoms with E-state index in [1.54, 1.807) is 40.3 Å². The molecule has 230 valence electrons. The minimum absolute atomic E-state index is 0.130. The number of hydrogen-bond acceptors (Lipinski definition) is 12. The van der Waals surface area contributed by atoms with E-state index >= 15 is 0 Å². The molecule has 41 heavy (non-hydrogen) atoms. The van der Waals surface area contributed by atoms with Crippen molar-refractivity contribution in [2.75, 3.05) is 36.7 Å². The van der Waals surface area contributed by atoms with Gasteiger partial charge in [0, 0.05) is 36.6 Å². The van der Waals surface area contributed by atoms with Crippen molar-refractivity contribution < 1.29 is 48.4 Å². The lowest BCUT2D eigenvalue weighted by Crippen LogP contribution is -2.38. The number of carboxylic acid groups (broad SMARTS) is 2. The van der Waals surface area contributed by atoms with Crippen LogP contribution in [-0.4, -0.2) is 89.2 Å². The Morgan fingerprint density at radius 3 is 2.17 bits per heavy atom. The fraction of sp³-hybridized carbons (Fsp3) is 0.500. The van der Waals surface area contributed by atoms with Gasteiger partial charge >= 0.3 is 24.1 Å².